The van der Waals surface area contributed by atoms with Crippen molar-refractivity contribution in [1.82, 2.24) is 14.5 Å². The quantitative estimate of drug-likeness (QED) is 0.155. The molecular formula is C34H32F5N3O5. The predicted octanol–water partition coefficient (Wildman–Crippen LogP) is 5.85. The molecule has 248 valence electrons. The summed E-state index contributed by atoms with van der Waals surface area (Å²) in [5, 5.41) is 12.1. The Hall–Kier alpha value is -4.78. The minimum Gasteiger partial charge on any atom is -0.490 e. The van der Waals surface area contributed by atoms with Gasteiger partial charge in [0.05, 0.1) is 36.9 Å². The molecule has 1 aliphatic rings. The molecule has 4 aromatic rings. The van der Waals surface area contributed by atoms with E-state index in [1.807, 2.05) is 18.2 Å². The van der Waals surface area contributed by atoms with E-state index in [4.69, 9.17) is 9.84 Å². The zero-order chi connectivity index (χ0) is 33.9. The number of benzene rings is 3. The summed E-state index contributed by atoms with van der Waals surface area (Å²) in [6.45, 7) is 0.705. The fraction of sp³-hybridized carbons (Fsp3) is 0.324. The van der Waals surface area contributed by atoms with Crippen molar-refractivity contribution in [2.45, 2.75) is 57.9 Å². The molecule has 1 unspecified atom stereocenters. The van der Waals surface area contributed by atoms with Crippen LogP contribution in [0, 0.1) is 18.6 Å². The summed E-state index contributed by atoms with van der Waals surface area (Å²) in [4.78, 5) is 38.9. The Kier molecular flexibility index (Phi) is 9.94. The van der Waals surface area contributed by atoms with E-state index in [9.17, 15) is 27.6 Å². The molecule has 8 nitrogen and oxygen atoms in total. The van der Waals surface area contributed by atoms with Crippen molar-refractivity contribution < 1.29 is 36.6 Å². The van der Waals surface area contributed by atoms with Crippen LogP contribution in [-0.4, -0.2) is 33.4 Å². The second kappa shape index (κ2) is 13.9. The van der Waals surface area contributed by atoms with Crippen molar-refractivity contribution in [2.75, 3.05) is 13.2 Å². The van der Waals surface area contributed by atoms with Crippen molar-refractivity contribution in [2.24, 2.45) is 0 Å². The topological polar surface area (TPSA) is 103 Å². The Labute approximate surface area is 266 Å². The SMILES string of the molecule is Cc1c(-c2cccc(OCCCCC(=O)O)c2F)c(=O)n(CC2NCCc3ccccc32)c(=O)n1Cc1c(F)cccc1C(F)(F)F. The van der Waals surface area contributed by atoms with E-state index in [1.165, 1.54) is 25.1 Å². The Morgan fingerprint density at radius 1 is 1.00 bits per heavy atom. The van der Waals surface area contributed by atoms with Crippen LogP contribution in [0.5, 0.6) is 5.75 Å². The normalized spacial score (nSPS) is 14.6. The Morgan fingerprint density at radius 2 is 1.74 bits per heavy atom. The summed E-state index contributed by atoms with van der Waals surface area (Å²) in [6.07, 6.45) is -3.73. The molecule has 0 aliphatic carbocycles. The Morgan fingerprint density at radius 3 is 2.49 bits per heavy atom. The number of aliphatic carboxylic acids is 1. The molecule has 0 amide bonds. The van der Waals surface area contributed by atoms with E-state index in [0.29, 0.717) is 31.9 Å². The molecule has 3 aromatic carbocycles. The third kappa shape index (κ3) is 7.14. The van der Waals surface area contributed by atoms with Gasteiger partial charge in [0.15, 0.2) is 11.6 Å². The lowest BCUT2D eigenvalue weighted by Gasteiger charge is -2.28. The molecule has 1 aliphatic heterocycles. The summed E-state index contributed by atoms with van der Waals surface area (Å²) in [6, 6.07) is 13.4. The second-order valence-electron chi connectivity index (χ2n) is 11.3. The van der Waals surface area contributed by atoms with Gasteiger partial charge >= 0.3 is 17.8 Å². The zero-order valence-corrected chi connectivity index (χ0v) is 25.4. The number of aromatic nitrogens is 2. The third-order valence-electron chi connectivity index (χ3n) is 8.28. The van der Waals surface area contributed by atoms with Gasteiger partial charge in [0.25, 0.3) is 5.56 Å². The summed E-state index contributed by atoms with van der Waals surface area (Å²) >= 11 is 0. The highest BCUT2D eigenvalue weighted by Crippen LogP contribution is 2.34. The summed E-state index contributed by atoms with van der Waals surface area (Å²) in [5.74, 6) is -3.37. The van der Waals surface area contributed by atoms with Gasteiger partial charge in [-0.2, -0.15) is 13.2 Å². The maximum Gasteiger partial charge on any atom is 0.416 e. The largest absolute Gasteiger partial charge is 0.490 e. The molecule has 1 atom stereocenters. The van der Waals surface area contributed by atoms with E-state index in [0.717, 1.165) is 32.4 Å². The molecule has 0 bridgehead atoms. The van der Waals surface area contributed by atoms with Gasteiger partial charge in [-0.1, -0.05) is 42.5 Å². The number of nitrogens with one attached hydrogen (secondary N) is 1. The average Bonchev–Trinajstić information content (AvgIpc) is 3.02. The molecule has 13 heteroatoms. The van der Waals surface area contributed by atoms with Crippen LogP contribution in [0.15, 0.2) is 70.3 Å². The molecule has 0 radical (unpaired) electrons. The summed E-state index contributed by atoms with van der Waals surface area (Å²) in [7, 11) is 0. The maximum atomic E-state index is 16.0. The molecule has 0 fully saturated rings. The number of rotatable bonds is 11. The molecule has 0 saturated carbocycles. The van der Waals surface area contributed by atoms with E-state index >= 15 is 8.78 Å². The van der Waals surface area contributed by atoms with Crippen molar-refractivity contribution in [3.8, 4) is 16.9 Å². The molecule has 0 saturated heterocycles. The van der Waals surface area contributed by atoms with Gasteiger partial charge in [-0.05, 0) is 62.1 Å². The van der Waals surface area contributed by atoms with Crippen molar-refractivity contribution in [3.05, 3.63) is 121 Å². The Balaban J connectivity index is 1.65. The number of carboxylic acid groups (broad SMARTS) is 1. The number of alkyl halides is 3. The van der Waals surface area contributed by atoms with Crippen LogP contribution in [0.1, 0.15) is 53.3 Å². The fourth-order valence-corrected chi connectivity index (χ4v) is 5.92. The first kappa shape index (κ1) is 33.6. The first-order valence-corrected chi connectivity index (χ1v) is 15.0. The van der Waals surface area contributed by atoms with Crippen LogP contribution in [0.3, 0.4) is 0 Å². The van der Waals surface area contributed by atoms with Gasteiger partial charge in [-0.3, -0.25) is 18.7 Å². The van der Waals surface area contributed by atoms with E-state index in [2.05, 4.69) is 5.32 Å². The van der Waals surface area contributed by atoms with E-state index in [-0.39, 0.29) is 42.1 Å². The lowest BCUT2D eigenvalue weighted by atomic mass is 9.94. The lowest BCUT2D eigenvalue weighted by Crippen LogP contribution is -2.46. The number of nitrogens with zero attached hydrogens (tertiary/aromatic N) is 2. The van der Waals surface area contributed by atoms with Crippen molar-refractivity contribution in [1.29, 1.82) is 0 Å². The first-order chi connectivity index (χ1) is 22.4. The number of carboxylic acids is 1. The van der Waals surface area contributed by atoms with Gasteiger partial charge < -0.3 is 15.2 Å². The monoisotopic (exact) mass is 657 g/mol. The van der Waals surface area contributed by atoms with Crippen LogP contribution in [0.25, 0.3) is 11.1 Å². The van der Waals surface area contributed by atoms with Crippen LogP contribution in [0.4, 0.5) is 22.0 Å². The van der Waals surface area contributed by atoms with Gasteiger partial charge in [0, 0.05) is 23.2 Å². The smallest absolute Gasteiger partial charge is 0.416 e. The molecule has 47 heavy (non-hydrogen) atoms. The fourth-order valence-electron chi connectivity index (χ4n) is 5.92. The number of hydrogen-bond acceptors (Lipinski definition) is 5. The van der Waals surface area contributed by atoms with Crippen LogP contribution in [0.2, 0.25) is 0 Å². The number of hydrogen-bond donors (Lipinski definition) is 2. The van der Waals surface area contributed by atoms with Crippen LogP contribution >= 0.6 is 0 Å². The van der Waals surface area contributed by atoms with Crippen molar-refractivity contribution in [3.63, 3.8) is 0 Å². The van der Waals surface area contributed by atoms with Gasteiger partial charge in [0.1, 0.15) is 5.82 Å². The first-order valence-electron chi connectivity index (χ1n) is 15.0. The lowest BCUT2D eigenvalue weighted by molar-refractivity contribution is -0.139. The number of unbranched alkanes of at least 4 members (excludes halogenated alkanes) is 1. The predicted molar refractivity (Wildman–Crippen MR) is 163 cm³/mol. The summed E-state index contributed by atoms with van der Waals surface area (Å²) < 4.78 is 80.1. The highest BCUT2D eigenvalue weighted by Gasteiger charge is 2.35. The summed E-state index contributed by atoms with van der Waals surface area (Å²) in [5.41, 5.74) is -2.85. The number of carbonyl (C=O) groups is 1. The molecule has 2 heterocycles. The van der Waals surface area contributed by atoms with Gasteiger partial charge in [-0.25, -0.2) is 13.6 Å². The van der Waals surface area contributed by atoms with Gasteiger partial charge in [0.2, 0.25) is 0 Å². The molecule has 0 spiro atoms. The number of ether oxygens (including phenoxy) is 1. The molecular weight excluding hydrogens is 625 g/mol. The average molecular weight is 658 g/mol. The highest BCUT2D eigenvalue weighted by molar-refractivity contribution is 5.68. The Bertz CT molecular complexity index is 1920. The number of halogens is 5. The standard InChI is InChI=1S/C34H32F5N3O5/c1-20-30(23-10-6-13-28(31(23)36)47-17-5-4-14-29(43)44)32(45)42(19-27-22-9-3-2-8-21(22)15-16-40-27)33(46)41(20)18-24-25(34(37,38)39)11-7-12-26(24)35/h2-3,6-13,27,40H,4-5,14-19H2,1H3,(H,43,44). The molecule has 2 N–H and O–H groups in total. The van der Waals surface area contributed by atoms with Crippen LogP contribution in [-0.2, 0) is 30.5 Å². The molecule has 1 aromatic heterocycles. The minimum absolute atomic E-state index is 0.0172. The third-order valence-corrected chi connectivity index (χ3v) is 8.28. The van der Waals surface area contributed by atoms with Crippen molar-refractivity contribution >= 4 is 5.97 Å². The number of fused-ring (bicyclic) bond motifs is 1. The van der Waals surface area contributed by atoms with E-state index in [1.54, 1.807) is 6.07 Å². The zero-order valence-electron chi connectivity index (χ0n) is 25.4. The maximum absolute atomic E-state index is 16.0. The second-order valence-corrected chi connectivity index (χ2v) is 11.3. The molecule has 5 rings (SSSR count). The van der Waals surface area contributed by atoms with Gasteiger partial charge in [-0.15, -0.1) is 0 Å². The van der Waals surface area contributed by atoms with Crippen LogP contribution < -0.4 is 21.3 Å². The minimum atomic E-state index is -4.94. The highest BCUT2D eigenvalue weighted by atomic mass is 19.4. The van der Waals surface area contributed by atoms with E-state index < -0.39 is 58.7 Å².